The van der Waals surface area contributed by atoms with Gasteiger partial charge in [0.05, 0.1) is 13.4 Å². The molecule has 0 amide bonds. The van der Waals surface area contributed by atoms with Gasteiger partial charge in [0.2, 0.25) is 5.71 Å². The second kappa shape index (κ2) is 5.35. The molecule has 0 N–H and O–H groups in total. The van der Waals surface area contributed by atoms with Gasteiger partial charge >= 0.3 is 0 Å². The summed E-state index contributed by atoms with van der Waals surface area (Å²) in [6.45, 7) is 0.492. The first-order chi connectivity index (χ1) is 8.70. The molecule has 5 nitrogen and oxygen atoms in total. The molecular weight excluding hydrogens is 230 g/mol. The first kappa shape index (κ1) is 12.2. The topological polar surface area (TPSA) is 53.1 Å². The third-order valence-corrected chi connectivity index (χ3v) is 2.69. The molecule has 0 aliphatic rings. The van der Waals surface area contributed by atoms with E-state index in [0.717, 1.165) is 16.1 Å². The summed E-state index contributed by atoms with van der Waals surface area (Å²) in [6.07, 6.45) is 5.20. The molecule has 0 aliphatic carbocycles. The Hall–Kier alpha value is -2.30. The number of ether oxygens (including phenoxy) is 1. The molecule has 1 aromatic carbocycles. The number of imidazole rings is 1. The van der Waals surface area contributed by atoms with Gasteiger partial charge in [0.15, 0.2) is 0 Å². The minimum Gasteiger partial charge on any atom is -0.624 e. The smallest absolute Gasteiger partial charge is 0.214 e. The lowest BCUT2D eigenvalue weighted by Gasteiger charge is -2.09. The van der Waals surface area contributed by atoms with Gasteiger partial charge in [-0.2, -0.15) is 0 Å². The summed E-state index contributed by atoms with van der Waals surface area (Å²) in [7, 11) is 3.11. The highest BCUT2D eigenvalue weighted by molar-refractivity contribution is 5.96. The second-order valence-electron chi connectivity index (χ2n) is 3.91. The van der Waals surface area contributed by atoms with Crippen LogP contribution in [0.2, 0.25) is 0 Å². The molecule has 1 aromatic heterocycles. The summed E-state index contributed by atoms with van der Waals surface area (Å²) < 4.78 is 7.83. The van der Waals surface area contributed by atoms with Gasteiger partial charge in [-0.25, -0.2) is 9.72 Å². The Labute approximate surface area is 106 Å². The maximum absolute atomic E-state index is 11.6. The third-order valence-electron chi connectivity index (χ3n) is 2.69. The number of rotatable bonds is 4. The second-order valence-corrected chi connectivity index (χ2v) is 3.91. The lowest BCUT2D eigenvalue weighted by atomic mass is 10.1. The van der Waals surface area contributed by atoms with Crippen molar-refractivity contribution in [3.8, 4) is 5.75 Å². The summed E-state index contributed by atoms with van der Waals surface area (Å²) in [5, 5.41) is 11.6. The zero-order valence-electron chi connectivity index (χ0n) is 10.4. The molecule has 2 aromatic rings. The first-order valence-corrected chi connectivity index (χ1v) is 5.57. The molecule has 5 heteroatoms. The van der Waals surface area contributed by atoms with Crippen molar-refractivity contribution < 1.29 is 9.48 Å². The molecule has 0 fully saturated rings. The van der Waals surface area contributed by atoms with Crippen LogP contribution in [-0.2, 0) is 6.54 Å². The van der Waals surface area contributed by atoms with Crippen molar-refractivity contribution in [3.63, 3.8) is 0 Å². The van der Waals surface area contributed by atoms with E-state index in [9.17, 15) is 5.21 Å². The highest BCUT2D eigenvalue weighted by Crippen LogP contribution is 2.12. The Kier molecular flexibility index (Phi) is 3.62. The number of methoxy groups -OCH3 is 1. The van der Waals surface area contributed by atoms with Gasteiger partial charge < -0.3 is 14.5 Å². The van der Waals surface area contributed by atoms with Gasteiger partial charge in [-0.3, -0.25) is 0 Å². The van der Waals surface area contributed by atoms with E-state index in [-0.39, 0.29) is 0 Å². The fourth-order valence-corrected chi connectivity index (χ4v) is 1.71. The third kappa shape index (κ3) is 2.68. The Bertz CT molecular complexity index is 526. The van der Waals surface area contributed by atoms with Crippen molar-refractivity contribution in [2.75, 3.05) is 14.2 Å². The predicted molar refractivity (Wildman–Crippen MR) is 68.9 cm³/mol. The van der Waals surface area contributed by atoms with Crippen LogP contribution in [0.5, 0.6) is 5.75 Å². The summed E-state index contributed by atoms with van der Waals surface area (Å²) in [5.74, 6) is 0.772. The van der Waals surface area contributed by atoms with Crippen molar-refractivity contribution >= 4 is 5.71 Å². The number of aromatic nitrogens is 2. The molecule has 0 atom stereocenters. The Morgan fingerprint density at radius 3 is 2.61 bits per heavy atom. The van der Waals surface area contributed by atoms with Gasteiger partial charge in [0, 0.05) is 18.0 Å². The summed E-state index contributed by atoms with van der Waals surface area (Å²) >= 11 is 0. The molecule has 0 radical (unpaired) electrons. The van der Waals surface area contributed by atoms with Crippen LogP contribution in [0.4, 0.5) is 0 Å². The van der Waals surface area contributed by atoms with E-state index in [2.05, 4.69) is 4.98 Å². The number of hydroxylamine groups is 1. The van der Waals surface area contributed by atoms with E-state index in [0.29, 0.717) is 12.3 Å². The molecule has 0 aliphatic heterocycles. The van der Waals surface area contributed by atoms with Crippen LogP contribution in [0.15, 0.2) is 43.0 Å². The molecule has 1 heterocycles. The molecule has 0 saturated heterocycles. The van der Waals surface area contributed by atoms with Crippen LogP contribution in [0, 0.1) is 5.21 Å². The summed E-state index contributed by atoms with van der Waals surface area (Å²) in [5.41, 5.74) is 1.55. The van der Waals surface area contributed by atoms with Gasteiger partial charge in [-0.05, 0) is 24.3 Å². The van der Waals surface area contributed by atoms with Crippen LogP contribution in [0.25, 0.3) is 0 Å². The number of hydrogen-bond acceptors (Lipinski definition) is 3. The van der Waals surface area contributed by atoms with Gasteiger partial charge in [0.25, 0.3) is 0 Å². The predicted octanol–water partition coefficient (Wildman–Crippen LogP) is 1.52. The van der Waals surface area contributed by atoms with E-state index in [1.807, 2.05) is 35.0 Å². The van der Waals surface area contributed by atoms with Gasteiger partial charge in [-0.15, -0.1) is 0 Å². The molecule has 18 heavy (non-hydrogen) atoms. The summed E-state index contributed by atoms with van der Waals surface area (Å²) in [6, 6.07) is 7.43. The van der Waals surface area contributed by atoms with Gasteiger partial charge in [-0.1, -0.05) is 0 Å². The van der Waals surface area contributed by atoms with Crippen LogP contribution in [0.1, 0.15) is 5.56 Å². The zero-order chi connectivity index (χ0) is 13.0. The average Bonchev–Trinajstić information content (AvgIpc) is 2.89. The van der Waals surface area contributed by atoms with Crippen molar-refractivity contribution in [1.29, 1.82) is 0 Å². The highest BCUT2D eigenvalue weighted by atomic mass is 16.5. The molecule has 0 unspecified atom stereocenters. The quantitative estimate of drug-likeness (QED) is 0.355. The fraction of sp³-hybridized carbons (Fsp3) is 0.231. The van der Waals surface area contributed by atoms with E-state index in [1.165, 1.54) is 7.05 Å². The van der Waals surface area contributed by atoms with E-state index in [1.54, 1.807) is 19.6 Å². The number of nitrogens with zero attached hydrogens (tertiary/aromatic N) is 3. The normalized spacial score (nSPS) is 12.1. The largest absolute Gasteiger partial charge is 0.624 e. The Balaban J connectivity index is 2.28. The zero-order valence-corrected chi connectivity index (χ0v) is 10.4. The summed E-state index contributed by atoms with van der Waals surface area (Å²) in [4.78, 5) is 3.96. The van der Waals surface area contributed by atoms with E-state index in [4.69, 9.17) is 4.74 Å². The molecular formula is C13H15N3O2. The molecule has 0 bridgehead atoms. The van der Waals surface area contributed by atoms with E-state index < -0.39 is 0 Å². The maximum atomic E-state index is 11.6. The molecule has 94 valence electrons. The lowest BCUT2D eigenvalue weighted by Crippen LogP contribution is -2.19. The number of hydrogen-bond donors (Lipinski definition) is 0. The maximum Gasteiger partial charge on any atom is 0.214 e. The van der Waals surface area contributed by atoms with E-state index >= 15 is 0 Å². The molecule has 2 rings (SSSR count). The van der Waals surface area contributed by atoms with Crippen LogP contribution in [-0.4, -0.2) is 34.2 Å². The minimum atomic E-state index is 0.492. The Morgan fingerprint density at radius 1 is 1.39 bits per heavy atom. The van der Waals surface area contributed by atoms with Crippen LogP contribution in [0.3, 0.4) is 0 Å². The van der Waals surface area contributed by atoms with Crippen LogP contribution < -0.4 is 4.74 Å². The monoisotopic (exact) mass is 245 g/mol. The van der Waals surface area contributed by atoms with Crippen molar-refractivity contribution in [3.05, 3.63) is 53.8 Å². The average molecular weight is 245 g/mol. The fourth-order valence-electron chi connectivity index (χ4n) is 1.71. The Morgan fingerprint density at radius 2 is 2.11 bits per heavy atom. The molecule has 0 spiro atoms. The standard InChI is InChI=1S/C13H15N3O2/c1-15(17)13(9-16-8-7-14-10-16)11-3-5-12(18-2)6-4-11/h3-8,10H,9H2,1-2H3/b15-13+. The SMILES string of the molecule is COc1ccc(/C(Cn2ccnc2)=[N+](\C)[O-])cc1. The minimum absolute atomic E-state index is 0.492. The van der Waals surface area contributed by atoms with Crippen molar-refractivity contribution in [1.82, 2.24) is 9.55 Å². The van der Waals surface area contributed by atoms with Gasteiger partial charge in [0.1, 0.15) is 19.3 Å². The van der Waals surface area contributed by atoms with Crippen molar-refractivity contribution in [2.24, 2.45) is 0 Å². The highest BCUT2D eigenvalue weighted by Gasteiger charge is 2.11. The molecule has 0 saturated carbocycles. The lowest BCUT2D eigenvalue weighted by molar-refractivity contribution is -0.423. The van der Waals surface area contributed by atoms with Crippen molar-refractivity contribution in [2.45, 2.75) is 6.54 Å². The number of benzene rings is 1. The van der Waals surface area contributed by atoms with Crippen LogP contribution >= 0.6 is 0 Å². The first-order valence-electron chi connectivity index (χ1n) is 5.57.